The zero-order chi connectivity index (χ0) is 18.6. The Hall–Kier alpha value is -1.97. The van der Waals surface area contributed by atoms with Gasteiger partial charge in [-0.1, -0.05) is 25.5 Å². The van der Waals surface area contributed by atoms with Crippen molar-refractivity contribution in [2.45, 2.75) is 52.4 Å². The van der Waals surface area contributed by atoms with Gasteiger partial charge in [-0.3, -0.25) is 14.8 Å². The third kappa shape index (κ3) is 2.45. The first-order valence-electron chi connectivity index (χ1n) is 10.5. The molecule has 1 aromatic heterocycles. The van der Waals surface area contributed by atoms with Crippen LogP contribution in [0.15, 0.2) is 36.3 Å². The first-order valence-corrected chi connectivity index (χ1v) is 10.5. The Kier molecular flexibility index (Phi) is 3.82. The van der Waals surface area contributed by atoms with E-state index in [2.05, 4.69) is 35.2 Å². The zero-order valence-electron chi connectivity index (χ0n) is 16.4. The van der Waals surface area contributed by atoms with E-state index in [0.29, 0.717) is 11.8 Å². The summed E-state index contributed by atoms with van der Waals surface area (Å²) in [6, 6.07) is 0. The van der Waals surface area contributed by atoms with Crippen LogP contribution in [-0.4, -0.2) is 22.4 Å². The van der Waals surface area contributed by atoms with E-state index in [4.69, 9.17) is 0 Å². The van der Waals surface area contributed by atoms with Crippen LogP contribution < -0.4 is 5.32 Å². The van der Waals surface area contributed by atoms with Gasteiger partial charge in [-0.25, -0.2) is 0 Å². The van der Waals surface area contributed by atoms with Crippen molar-refractivity contribution in [3.05, 3.63) is 42.0 Å². The molecule has 5 rings (SSSR count). The number of fused-ring (bicyclic) bond motifs is 5. The molecule has 2 heterocycles. The first kappa shape index (κ1) is 17.2. The predicted octanol–water partition coefficient (Wildman–Crippen LogP) is 4.16. The second kappa shape index (κ2) is 6.02. The number of carbonyl (C=O) groups is 1. The lowest BCUT2D eigenvalue weighted by Crippen LogP contribution is -2.49. The zero-order valence-corrected chi connectivity index (χ0v) is 16.4. The highest BCUT2D eigenvalue weighted by Crippen LogP contribution is 2.65. The summed E-state index contributed by atoms with van der Waals surface area (Å²) in [5.74, 6) is 2.24. The molecule has 4 heteroatoms. The van der Waals surface area contributed by atoms with Crippen molar-refractivity contribution in [3.63, 3.8) is 0 Å². The normalized spacial score (nSPS) is 40.7. The van der Waals surface area contributed by atoms with Gasteiger partial charge in [0.25, 0.3) is 0 Å². The molecule has 1 aliphatic heterocycles. The highest BCUT2D eigenvalue weighted by molar-refractivity contribution is 5.88. The van der Waals surface area contributed by atoms with Gasteiger partial charge >= 0.3 is 0 Å². The molecule has 1 N–H and O–H groups in total. The Morgan fingerprint density at radius 1 is 1.11 bits per heavy atom. The molecule has 5 atom stereocenters. The van der Waals surface area contributed by atoms with Crippen molar-refractivity contribution in [2.24, 2.45) is 28.6 Å². The van der Waals surface area contributed by atoms with Crippen molar-refractivity contribution in [1.82, 2.24) is 15.3 Å². The largest absolute Gasteiger partial charge is 0.353 e. The highest BCUT2D eigenvalue weighted by atomic mass is 16.1. The van der Waals surface area contributed by atoms with Crippen LogP contribution >= 0.6 is 0 Å². The molecule has 2 saturated carbocycles. The van der Waals surface area contributed by atoms with Crippen molar-refractivity contribution < 1.29 is 4.79 Å². The lowest BCUT2D eigenvalue weighted by atomic mass is 9.47. The van der Waals surface area contributed by atoms with Crippen LogP contribution in [-0.2, 0) is 4.79 Å². The van der Waals surface area contributed by atoms with E-state index >= 15 is 0 Å². The van der Waals surface area contributed by atoms with Crippen molar-refractivity contribution in [1.29, 1.82) is 0 Å². The fourth-order valence-corrected chi connectivity index (χ4v) is 6.97. The molecule has 0 radical (unpaired) electrons. The number of rotatable bonds is 1. The number of allylic oxidation sites excluding steroid dienone is 3. The van der Waals surface area contributed by atoms with Gasteiger partial charge in [-0.05, 0) is 72.7 Å². The van der Waals surface area contributed by atoms with E-state index in [9.17, 15) is 4.79 Å². The first-order chi connectivity index (χ1) is 13.0. The number of nitrogens with one attached hydrogen (secondary N) is 1. The third-order valence-corrected chi connectivity index (χ3v) is 8.40. The molecule has 0 aromatic carbocycles. The summed E-state index contributed by atoms with van der Waals surface area (Å²) in [5.41, 5.74) is 4.28. The molecular weight excluding hydrogens is 334 g/mol. The van der Waals surface area contributed by atoms with E-state index in [1.807, 2.05) is 18.5 Å². The summed E-state index contributed by atoms with van der Waals surface area (Å²) in [6.07, 6.45) is 16.9. The quantitative estimate of drug-likeness (QED) is 0.815. The van der Waals surface area contributed by atoms with Gasteiger partial charge in [0.1, 0.15) is 0 Å². The van der Waals surface area contributed by atoms with Crippen molar-refractivity contribution in [3.8, 4) is 0 Å². The fraction of sp³-hybridized carbons (Fsp3) is 0.609. The van der Waals surface area contributed by atoms with E-state index in [1.54, 1.807) is 6.20 Å². The lowest BCUT2D eigenvalue weighted by Gasteiger charge is -2.57. The maximum Gasteiger partial charge on any atom is 0.243 e. The van der Waals surface area contributed by atoms with Gasteiger partial charge in [-0.2, -0.15) is 0 Å². The molecule has 0 saturated heterocycles. The van der Waals surface area contributed by atoms with Gasteiger partial charge in [-0.15, -0.1) is 0 Å². The van der Waals surface area contributed by atoms with Crippen molar-refractivity contribution in [2.75, 3.05) is 6.54 Å². The summed E-state index contributed by atoms with van der Waals surface area (Å²) in [5, 5.41) is 3.06. The number of hydrogen-bond donors (Lipinski definition) is 1. The Labute approximate surface area is 161 Å². The molecule has 27 heavy (non-hydrogen) atoms. The summed E-state index contributed by atoms with van der Waals surface area (Å²) in [7, 11) is 0. The standard InChI is InChI=1S/C23H29N3O/c1-22-9-10-26-21(27)13-15(22)3-4-16-17-5-6-19(20-14-24-11-12-25-20)23(17,2)8-7-18(16)22/h6,11-14,16-18H,3-5,7-10H2,1-2H3,(H,26,27)/t16-,17-,18-,22-,23-/m0/s1. The fourth-order valence-electron chi connectivity index (χ4n) is 6.97. The monoisotopic (exact) mass is 363 g/mol. The molecular formula is C23H29N3O. The summed E-state index contributed by atoms with van der Waals surface area (Å²) >= 11 is 0. The molecule has 1 amide bonds. The molecule has 2 fully saturated rings. The Balaban J connectivity index is 1.48. The Morgan fingerprint density at radius 2 is 2.00 bits per heavy atom. The van der Waals surface area contributed by atoms with Crippen LogP contribution in [0.2, 0.25) is 0 Å². The number of aromatic nitrogens is 2. The molecule has 0 unspecified atom stereocenters. The maximum absolute atomic E-state index is 12.1. The van der Waals surface area contributed by atoms with Crippen molar-refractivity contribution >= 4 is 11.5 Å². The van der Waals surface area contributed by atoms with Crippen LogP contribution in [0.4, 0.5) is 0 Å². The Morgan fingerprint density at radius 3 is 2.81 bits per heavy atom. The highest BCUT2D eigenvalue weighted by Gasteiger charge is 2.57. The molecule has 0 spiro atoms. The van der Waals surface area contributed by atoms with Gasteiger partial charge < -0.3 is 5.32 Å². The second-order valence-corrected chi connectivity index (χ2v) is 9.44. The lowest BCUT2D eigenvalue weighted by molar-refractivity contribution is -0.116. The average molecular weight is 364 g/mol. The van der Waals surface area contributed by atoms with E-state index in [1.165, 1.54) is 30.4 Å². The summed E-state index contributed by atoms with van der Waals surface area (Å²) in [6.45, 7) is 5.71. The summed E-state index contributed by atoms with van der Waals surface area (Å²) in [4.78, 5) is 21.0. The molecule has 4 aliphatic rings. The second-order valence-electron chi connectivity index (χ2n) is 9.44. The number of amides is 1. The van der Waals surface area contributed by atoms with Crippen LogP contribution in [0.5, 0.6) is 0 Å². The van der Waals surface area contributed by atoms with Crippen LogP contribution in [0.3, 0.4) is 0 Å². The van der Waals surface area contributed by atoms with E-state index in [0.717, 1.165) is 37.4 Å². The minimum Gasteiger partial charge on any atom is -0.353 e. The van der Waals surface area contributed by atoms with Gasteiger partial charge in [0.15, 0.2) is 0 Å². The predicted molar refractivity (Wildman–Crippen MR) is 105 cm³/mol. The number of nitrogens with zero attached hydrogens (tertiary/aromatic N) is 2. The summed E-state index contributed by atoms with van der Waals surface area (Å²) < 4.78 is 0. The SMILES string of the molecule is C[C@]12CCNC(=O)C=C1CC[C@@H]1[C@@H]2CC[C@]2(C)C(c3cnccn3)=CC[C@@H]12. The number of carbonyl (C=O) groups excluding carboxylic acids is 1. The Bertz CT molecular complexity index is 829. The average Bonchev–Trinajstić information content (AvgIpc) is 2.93. The van der Waals surface area contributed by atoms with Crippen LogP contribution in [0, 0.1) is 28.6 Å². The third-order valence-electron chi connectivity index (χ3n) is 8.40. The topological polar surface area (TPSA) is 54.9 Å². The molecule has 142 valence electrons. The smallest absolute Gasteiger partial charge is 0.243 e. The number of hydrogen-bond acceptors (Lipinski definition) is 3. The minimum atomic E-state index is 0.111. The van der Waals surface area contributed by atoms with Gasteiger partial charge in [0.2, 0.25) is 5.91 Å². The molecule has 4 nitrogen and oxygen atoms in total. The van der Waals surface area contributed by atoms with E-state index in [-0.39, 0.29) is 16.7 Å². The van der Waals surface area contributed by atoms with E-state index < -0.39 is 0 Å². The molecule has 3 aliphatic carbocycles. The minimum absolute atomic E-state index is 0.111. The molecule has 1 aromatic rings. The maximum atomic E-state index is 12.1. The van der Waals surface area contributed by atoms with Gasteiger partial charge in [0.05, 0.1) is 11.9 Å². The molecule has 0 bridgehead atoms. The van der Waals surface area contributed by atoms with Crippen LogP contribution in [0.1, 0.15) is 58.1 Å². The van der Waals surface area contributed by atoms with Gasteiger partial charge in [0, 0.05) is 25.0 Å². The van der Waals surface area contributed by atoms with Crippen LogP contribution in [0.25, 0.3) is 5.57 Å².